The van der Waals surface area contributed by atoms with E-state index in [0.717, 1.165) is 24.8 Å². The third-order valence-electron chi connectivity index (χ3n) is 4.41. The number of carboxylic acid groups (broad SMARTS) is 1. The SMILES string of the molecule is CC1(C(=O)NCc2nc(C(=O)O)cs2)CCCc2ccccc21. The van der Waals surface area contributed by atoms with Crippen molar-refractivity contribution in [2.75, 3.05) is 0 Å². The molecule has 1 aliphatic carbocycles. The van der Waals surface area contributed by atoms with Crippen molar-refractivity contribution in [1.29, 1.82) is 0 Å². The molecule has 1 aromatic heterocycles. The van der Waals surface area contributed by atoms with Gasteiger partial charge in [-0.15, -0.1) is 11.3 Å². The fraction of sp³-hybridized carbons (Fsp3) is 0.353. The minimum Gasteiger partial charge on any atom is -0.476 e. The minimum absolute atomic E-state index is 0.0217. The molecule has 23 heavy (non-hydrogen) atoms. The van der Waals surface area contributed by atoms with Crippen LogP contribution >= 0.6 is 11.3 Å². The van der Waals surface area contributed by atoms with E-state index in [1.807, 2.05) is 25.1 Å². The smallest absolute Gasteiger partial charge is 0.355 e. The largest absolute Gasteiger partial charge is 0.476 e. The monoisotopic (exact) mass is 330 g/mol. The molecule has 0 radical (unpaired) electrons. The van der Waals surface area contributed by atoms with Gasteiger partial charge in [0.05, 0.1) is 12.0 Å². The molecule has 3 rings (SSSR count). The van der Waals surface area contributed by atoms with Crippen LogP contribution in [0.15, 0.2) is 29.6 Å². The predicted octanol–water partition coefficient (Wildman–Crippen LogP) is 2.75. The standard InChI is InChI=1S/C17H18N2O3S/c1-17(8-4-6-11-5-2-3-7-12(11)17)16(22)18-9-14-19-13(10-23-14)15(20)21/h2-3,5,7,10H,4,6,8-9H2,1H3,(H,18,22)(H,20,21). The molecule has 1 unspecified atom stereocenters. The first kappa shape index (κ1) is 15.7. The predicted molar refractivity (Wildman–Crippen MR) is 87.7 cm³/mol. The second-order valence-corrected chi connectivity index (χ2v) is 6.90. The molecule has 120 valence electrons. The van der Waals surface area contributed by atoms with E-state index in [1.165, 1.54) is 22.3 Å². The maximum absolute atomic E-state index is 12.7. The van der Waals surface area contributed by atoms with Crippen molar-refractivity contribution >= 4 is 23.2 Å². The van der Waals surface area contributed by atoms with Crippen LogP contribution in [0, 0.1) is 0 Å². The number of nitrogens with one attached hydrogen (secondary N) is 1. The molecule has 2 aromatic rings. The lowest BCUT2D eigenvalue weighted by molar-refractivity contribution is -0.126. The highest BCUT2D eigenvalue weighted by Crippen LogP contribution is 2.37. The highest BCUT2D eigenvalue weighted by Gasteiger charge is 2.38. The zero-order valence-corrected chi connectivity index (χ0v) is 13.7. The first-order valence-corrected chi connectivity index (χ1v) is 8.43. The zero-order valence-electron chi connectivity index (χ0n) is 12.8. The summed E-state index contributed by atoms with van der Waals surface area (Å²) in [5.74, 6) is -1.08. The van der Waals surface area contributed by atoms with E-state index in [1.54, 1.807) is 0 Å². The number of aromatic nitrogens is 1. The highest BCUT2D eigenvalue weighted by molar-refractivity contribution is 7.09. The van der Waals surface area contributed by atoms with Crippen LogP contribution < -0.4 is 5.32 Å². The third kappa shape index (κ3) is 2.99. The molecule has 0 saturated carbocycles. The van der Waals surface area contributed by atoms with Gasteiger partial charge < -0.3 is 10.4 Å². The Balaban J connectivity index is 1.74. The Kier molecular flexibility index (Phi) is 4.17. The van der Waals surface area contributed by atoms with E-state index in [9.17, 15) is 9.59 Å². The van der Waals surface area contributed by atoms with Gasteiger partial charge in [-0.3, -0.25) is 4.79 Å². The molecule has 1 heterocycles. The molecule has 1 aliphatic rings. The number of aromatic carboxylic acids is 1. The van der Waals surface area contributed by atoms with Crippen LogP contribution in [0.3, 0.4) is 0 Å². The van der Waals surface area contributed by atoms with Gasteiger partial charge in [0.2, 0.25) is 5.91 Å². The Morgan fingerprint density at radius 2 is 2.17 bits per heavy atom. The van der Waals surface area contributed by atoms with E-state index in [2.05, 4.69) is 16.4 Å². The second kappa shape index (κ2) is 6.12. The van der Waals surface area contributed by atoms with Crippen molar-refractivity contribution in [1.82, 2.24) is 10.3 Å². The van der Waals surface area contributed by atoms with Gasteiger partial charge in [-0.2, -0.15) is 0 Å². The first-order valence-electron chi connectivity index (χ1n) is 7.55. The number of nitrogens with zero attached hydrogens (tertiary/aromatic N) is 1. The van der Waals surface area contributed by atoms with E-state index in [0.29, 0.717) is 5.01 Å². The molecule has 1 amide bonds. The summed E-state index contributed by atoms with van der Waals surface area (Å²) in [4.78, 5) is 27.6. The molecule has 0 bridgehead atoms. The quantitative estimate of drug-likeness (QED) is 0.903. The number of aryl methyl sites for hydroxylation is 1. The number of amides is 1. The Morgan fingerprint density at radius 1 is 1.39 bits per heavy atom. The lowest BCUT2D eigenvalue weighted by Gasteiger charge is -2.34. The minimum atomic E-state index is -1.05. The maximum atomic E-state index is 12.7. The van der Waals surface area contributed by atoms with Crippen LogP contribution in [-0.2, 0) is 23.2 Å². The number of carbonyl (C=O) groups is 2. The number of carbonyl (C=O) groups excluding carboxylic acids is 1. The molecule has 0 saturated heterocycles. The summed E-state index contributed by atoms with van der Waals surface area (Å²) in [5.41, 5.74) is 1.81. The van der Waals surface area contributed by atoms with Crippen LogP contribution in [0.2, 0.25) is 0 Å². The highest BCUT2D eigenvalue weighted by atomic mass is 32.1. The molecular formula is C17H18N2O3S. The van der Waals surface area contributed by atoms with E-state index in [-0.39, 0.29) is 18.1 Å². The van der Waals surface area contributed by atoms with E-state index in [4.69, 9.17) is 5.11 Å². The van der Waals surface area contributed by atoms with Crippen LogP contribution in [0.5, 0.6) is 0 Å². The van der Waals surface area contributed by atoms with Crippen LogP contribution in [-0.4, -0.2) is 22.0 Å². The lowest BCUT2D eigenvalue weighted by atomic mass is 9.70. The summed E-state index contributed by atoms with van der Waals surface area (Å²) in [5, 5.41) is 13.9. The van der Waals surface area contributed by atoms with Crippen molar-refractivity contribution in [2.45, 2.75) is 38.1 Å². The molecule has 0 spiro atoms. The Bertz CT molecular complexity index is 756. The molecule has 1 aromatic carbocycles. The van der Waals surface area contributed by atoms with Crippen LogP contribution in [0.1, 0.15) is 46.4 Å². The van der Waals surface area contributed by atoms with Gasteiger partial charge in [0.15, 0.2) is 5.69 Å². The second-order valence-electron chi connectivity index (χ2n) is 5.96. The number of thiazole rings is 1. The maximum Gasteiger partial charge on any atom is 0.355 e. The van der Waals surface area contributed by atoms with Gasteiger partial charge in [0.1, 0.15) is 5.01 Å². The lowest BCUT2D eigenvalue weighted by Crippen LogP contribution is -2.44. The van der Waals surface area contributed by atoms with Crippen LogP contribution in [0.4, 0.5) is 0 Å². The number of fused-ring (bicyclic) bond motifs is 1. The summed E-state index contributed by atoms with van der Waals surface area (Å²) < 4.78 is 0. The Labute approximate surface area is 138 Å². The fourth-order valence-corrected chi connectivity index (χ4v) is 3.83. The van der Waals surface area contributed by atoms with Gasteiger partial charge in [0.25, 0.3) is 0 Å². The molecule has 0 fully saturated rings. The molecule has 6 heteroatoms. The zero-order chi connectivity index (χ0) is 16.4. The molecule has 2 N–H and O–H groups in total. The van der Waals surface area contributed by atoms with Crippen molar-refractivity contribution in [2.24, 2.45) is 0 Å². The van der Waals surface area contributed by atoms with Gasteiger partial charge >= 0.3 is 5.97 Å². The topological polar surface area (TPSA) is 79.3 Å². The summed E-state index contributed by atoms with van der Waals surface area (Å²) in [7, 11) is 0. The summed E-state index contributed by atoms with van der Waals surface area (Å²) in [6, 6.07) is 8.08. The van der Waals surface area contributed by atoms with Gasteiger partial charge in [-0.25, -0.2) is 9.78 Å². The fourth-order valence-electron chi connectivity index (χ4n) is 3.12. The van der Waals surface area contributed by atoms with E-state index < -0.39 is 11.4 Å². The number of hydrogen-bond acceptors (Lipinski definition) is 4. The average Bonchev–Trinajstić information content (AvgIpc) is 3.02. The Hall–Kier alpha value is -2.21. The summed E-state index contributed by atoms with van der Waals surface area (Å²) in [6.45, 7) is 2.24. The van der Waals surface area contributed by atoms with Crippen molar-refractivity contribution in [3.63, 3.8) is 0 Å². The van der Waals surface area contributed by atoms with E-state index >= 15 is 0 Å². The summed E-state index contributed by atoms with van der Waals surface area (Å²) >= 11 is 1.24. The molecule has 0 aliphatic heterocycles. The van der Waals surface area contributed by atoms with Gasteiger partial charge in [-0.1, -0.05) is 24.3 Å². The number of carboxylic acids is 1. The molecular weight excluding hydrogens is 312 g/mol. The average molecular weight is 330 g/mol. The third-order valence-corrected chi connectivity index (χ3v) is 5.26. The van der Waals surface area contributed by atoms with Crippen molar-refractivity contribution < 1.29 is 14.7 Å². The van der Waals surface area contributed by atoms with Crippen molar-refractivity contribution in [3.05, 3.63) is 51.5 Å². The summed E-state index contributed by atoms with van der Waals surface area (Å²) in [6.07, 6.45) is 2.81. The molecule has 5 nitrogen and oxygen atoms in total. The number of hydrogen-bond donors (Lipinski definition) is 2. The van der Waals surface area contributed by atoms with Gasteiger partial charge in [0, 0.05) is 5.38 Å². The Morgan fingerprint density at radius 3 is 2.91 bits per heavy atom. The normalized spacial score (nSPS) is 19.9. The van der Waals surface area contributed by atoms with Crippen LogP contribution in [0.25, 0.3) is 0 Å². The first-order chi connectivity index (χ1) is 11.0. The van der Waals surface area contributed by atoms with Crippen molar-refractivity contribution in [3.8, 4) is 0 Å². The number of benzene rings is 1. The van der Waals surface area contributed by atoms with Gasteiger partial charge in [-0.05, 0) is 37.3 Å². The molecule has 1 atom stereocenters. The number of rotatable bonds is 4.